The number of hydrogen-bond acceptors (Lipinski definition) is 3. The van der Waals surface area contributed by atoms with E-state index in [4.69, 9.17) is 0 Å². The van der Waals surface area contributed by atoms with Crippen molar-refractivity contribution in [1.82, 2.24) is 19.9 Å². The van der Waals surface area contributed by atoms with E-state index in [1.54, 1.807) is 6.20 Å². The molecule has 0 saturated heterocycles. The largest absolute Gasteiger partial charge is 0.352 e. The van der Waals surface area contributed by atoms with Gasteiger partial charge in [0.2, 0.25) is 5.91 Å². The minimum Gasteiger partial charge on any atom is -0.352 e. The van der Waals surface area contributed by atoms with E-state index >= 15 is 0 Å². The summed E-state index contributed by atoms with van der Waals surface area (Å²) in [7, 11) is 0. The average molecular weight is 298 g/mol. The van der Waals surface area contributed by atoms with Crippen molar-refractivity contribution >= 4 is 5.91 Å². The molecule has 2 aromatic heterocycles. The van der Waals surface area contributed by atoms with E-state index in [9.17, 15) is 4.79 Å². The molecule has 3 heterocycles. The molecule has 5 heteroatoms. The minimum atomic E-state index is 0.140. The molecule has 0 saturated carbocycles. The Labute approximate surface area is 130 Å². The number of carbonyl (C=O) groups is 1. The average Bonchev–Trinajstić information content (AvgIpc) is 2.87. The Morgan fingerprint density at radius 2 is 2.36 bits per heavy atom. The summed E-state index contributed by atoms with van der Waals surface area (Å²) in [5, 5.41) is 3.15. The normalized spacial score (nSPS) is 17.0. The van der Waals surface area contributed by atoms with E-state index in [1.165, 1.54) is 0 Å². The maximum atomic E-state index is 12.1. The van der Waals surface area contributed by atoms with Crippen molar-refractivity contribution in [2.75, 3.05) is 0 Å². The van der Waals surface area contributed by atoms with Gasteiger partial charge in [-0.25, -0.2) is 4.98 Å². The number of nitrogens with one attached hydrogen (secondary N) is 1. The fourth-order valence-corrected chi connectivity index (χ4v) is 2.98. The van der Waals surface area contributed by atoms with Crippen LogP contribution in [0, 0.1) is 6.92 Å². The van der Waals surface area contributed by atoms with Gasteiger partial charge in [-0.1, -0.05) is 6.07 Å². The number of rotatable bonds is 5. The summed E-state index contributed by atoms with van der Waals surface area (Å²) in [6.07, 6.45) is 8.02. The number of nitrogens with zero attached hydrogens (tertiary/aromatic N) is 3. The van der Waals surface area contributed by atoms with Crippen LogP contribution in [-0.4, -0.2) is 26.5 Å². The highest BCUT2D eigenvalue weighted by atomic mass is 16.1. The third kappa shape index (κ3) is 3.72. The Kier molecular flexibility index (Phi) is 4.51. The molecule has 0 aromatic carbocycles. The van der Waals surface area contributed by atoms with Crippen LogP contribution in [0.1, 0.15) is 36.5 Å². The first kappa shape index (κ1) is 14.8. The number of imidazole rings is 1. The van der Waals surface area contributed by atoms with Crippen molar-refractivity contribution in [1.29, 1.82) is 0 Å². The third-order valence-electron chi connectivity index (χ3n) is 4.04. The van der Waals surface area contributed by atoms with Crippen molar-refractivity contribution in [2.45, 2.75) is 51.6 Å². The second-order valence-corrected chi connectivity index (χ2v) is 5.93. The van der Waals surface area contributed by atoms with Crippen molar-refractivity contribution in [3.8, 4) is 0 Å². The van der Waals surface area contributed by atoms with Crippen LogP contribution in [0.4, 0.5) is 0 Å². The van der Waals surface area contributed by atoms with E-state index < -0.39 is 0 Å². The highest BCUT2D eigenvalue weighted by Crippen LogP contribution is 2.15. The zero-order valence-corrected chi connectivity index (χ0v) is 13.0. The van der Waals surface area contributed by atoms with Crippen molar-refractivity contribution < 1.29 is 4.79 Å². The predicted octanol–water partition coefficient (Wildman–Crippen LogP) is 2.04. The number of fused-ring (bicyclic) bond motifs is 1. The lowest BCUT2D eigenvalue weighted by Gasteiger charge is -2.24. The van der Waals surface area contributed by atoms with Gasteiger partial charge in [0.25, 0.3) is 0 Å². The molecule has 1 aliphatic heterocycles. The van der Waals surface area contributed by atoms with Crippen LogP contribution < -0.4 is 5.32 Å². The van der Waals surface area contributed by atoms with E-state index in [1.807, 2.05) is 25.1 Å². The van der Waals surface area contributed by atoms with E-state index in [-0.39, 0.29) is 11.9 Å². The summed E-state index contributed by atoms with van der Waals surface area (Å²) in [5.41, 5.74) is 2.10. The van der Waals surface area contributed by atoms with Gasteiger partial charge in [0, 0.05) is 43.5 Å². The molecule has 0 aliphatic carbocycles. The first-order valence-corrected chi connectivity index (χ1v) is 7.92. The Morgan fingerprint density at radius 1 is 1.45 bits per heavy atom. The van der Waals surface area contributed by atoms with Gasteiger partial charge in [0.15, 0.2) is 0 Å². The Balaban J connectivity index is 1.43. The molecular formula is C17H22N4O. The van der Waals surface area contributed by atoms with Crippen molar-refractivity contribution in [3.05, 3.63) is 47.8 Å². The van der Waals surface area contributed by atoms with Crippen LogP contribution in [0.5, 0.6) is 0 Å². The van der Waals surface area contributed by atoms with Gasteiger partial charge < -0.3 is 9.88 Å². The minimum absolute atomic E-state index is 0.140. The molecule has 0 fully saturated rings. The van der Waals surface area contributed by atoms with Crippen LogP contribution in [0.15, 0.2) is 30.6 Å². The Morgan fingerprint density at radius 3 is 3.18 bits per heavy atom. The molecule has 0 radical (unpaired) electrons. The molecule has 1 aliphatic rings. The number of aromatic nitrogens is 3. The fourth-order valence-electron chi connectivity index (χ4n) is 2.98. The molecule has 2 aromatic rings. The van der Waals surface area contributed by atoms with Gasteiger partial charge in [0.1, 0.15) is 5.82 Å². The summed E-state index contributed by atoms with van der Waals surface area (Å²) in [4.78, 5) is 20.8. The molecule has 1 amide bonds. The lowest BCUT2D eigenvalue weighted by molar-refractivity contribution is -0.122. The maximum Gasteiger partial charge on any atom is 0.220 e. The van der Waals surface area contributed by atoms with Gasteiger partial charge >= 0.3 is 0 Å². The van der Waals surface area contributed by atoms with Crippen molar-refractivity contribution in [3.63, 3.8) is 0 Å². The number of pyridine rings is 1. The fraction of sp³-hybridized carbons (Fsp3) is 0.471. The van der Waals surface area contributed by atoms with Gasteiger partial charge in [-0.2, -0.15) is 0 Å². The topological polar surface area (TPSA) is 59.8 Å². The second kappa shape index (κ2) is 6.73. The first-order valence-electron chi connectivity index (χ1n) is 7.92. The van der Waals surface area contributed by atoms with Crippen molar-refractivity contribution in [2.24, 2.45) is 0 Å². The van der Waals surface area contributed by atoms with E-state index in [0.29, 0.717) is 6.42 Å². The van der Waals surface area contributed by atoms with Crippen LogP contribution in [0.25, 0.3) is 0 Å². The van der Waals surface area contributed by atoms with Crippen LogP contribution in [-0.2, 0) is 24.2 Å². The molecule has 22 heavy (non-hydrogen) atoms. The molecule has 0 spiro atoms. The SMILES string of the molecule is Cc1cn2c(n1)CC[C@@H](NC(=O)CCCc1ccccn1)C2. The molecule has 116 valence electrons. The molecule has 1 N–H and O–H groups in total. The molecule has 1 atom stereocenters. The Hall–Kier alpha value is -2.17. The van der Waals surface area contributed by atoms with Crippen LogP contribution in [0.2, 0.25) is 0 Å². The number of carbonyl (C=O) groups excluding carboxylic acids is 1. The highest BCUT2D eigenvalue weighted by molar-refractivity contribution is 5.76. The summed E-state index contributed by atoms with van der Waals surface area (Å²) >= 11 is 0. The van der Waals surface area contributed by atoms with E-state index in [2.05, 4.69) is 26.0 Å². The lowest BCUT2D eigenvalue weighted by Crippen LogP contribution is -2.40. The predicted molar refractivity (Wildman–Crippen MR) is 84.4 cm³/mol. The maximum absolute atomic E-state index is 12.1. The van der Waals surface area contributed by atoms with Gasteiger partial charge in [-0.05, 0) is 38.3 Å². The first-order chi connectivity index (χ1) is 10.7. The lowest BCUT2D eigenvalue weighted by atomic mass is 10.1. The molecule has 0 unspecified atom stereocenters. The summed E-state index contributed by atoms with van der Waals surface area (Å²) < 4.78 is 2.16. The summed E-state index contributed by atoms with van der Waals surface area (Å²) in [6.45, 7) is 2.85. The second-order valence-electron chi connectivity index (χ2n) is 5.93. The zero-order valence-electron chi connectivity index (χ0n) is 13.0. The third-order valence-corrected chi connectivity index (χ3v) is 4.04. The van der Waals surface area contributed by atoms with Crippen LogP contribution >= 0.6 is 0 Å². The monoisotopic (exact) mass is 298 g/mol. The highest BCUT2D eigenvalue weighted by Gasteiger charge is 2.20. The number of hydrogen-bond donors (Lipinski definition) is 1. The quantitative estimate of drug-likeness (QED) is 0.919. The Bertz CT molecular complexity index is 635. The molecule has 0 bridgehead atoms. The van der Waals surface area contributed by atoms with Crippen LogP contribution in [0.3, 0.4) is 0 Å². The van der Waals surface area contributed by atoms with Gasteiger partial charge in [-0.15, -0.1) is 0 Å². The van der Waals surface area contributed by atoms with Gasteiger partial charge in [-0.3, -0.25) is 9.78 Å². The van der Waals surface area contributed by atoms with Gasteiger partial charge in [0.05, 0.1) is 5.69 Å². The number of aryl methyl sites for hydroxylation is 3. The smallest absolute Gasteiger partial charge is 0.220 e. The summed E-state index contributed by atoms with van der Waals surface area (Å²) in [5.74, 6) is 1.28. The number of amides is 1. The molecule has 3 rings (SSSR count). The molecule has 5 nitrogen and oxygen atoms in total. The molecular weight excluding hydrogens is 276 g/mol. The van der Waals surface area contributed by atoms with E-state index in [0.717, 1.165) is 49.4 Å². The standard InChI is InChI=1S/C17H22N4O/c1-13-11-21-12-15(8-9-16(21)19-13)20-17(22)7-4-6-14-5-2-3-10-18-14/h2-3,5,10-11,15H,4,6-9,12H2,1H3,(H,20,22)/t15-/m1/s1. The zero-order chi connectivity index (χ0) is 15.4. The summed E-state index contributed by atoms with van der Waals surface area (Å²) in [6, 6.07) is 6.12.